The van der Waals surface area contributed by atoms with Gasteiger partial charge < -0.3 is 5.11 Å². The van der Waals surface area contributed by atoms with E-state index >= 15 is 0 Å². The lowest BCUT2D eigenvalue weighted by atomic mass is 10.1. The monoisotopic (exact) mass is 228 g/mol. The summed E-state index contributed by atoms with van der Waals surface area (Å²) in [7, 11) is 0. The summed E-state index contributed by atoms with van der Waals surface area (Å²) in [5.41, 5.74) is 0.410. The van der Waals surface area contributed by atoms with Crippen LogP contribution in [0.2, 0.25) is 0 Å². The second-order valence-corrected chi connectivity index (χ2v) is 5.03. The summed E-state index contributed by atoms with van der Waals surface area (Å²) in [4.78, 5) is 0. The Balaban J connectivity index is 2.73. The van der Waals surface area contributed by atoms with Crippen molar-refractivity contribution in [2.75, 3.05) is 6.26 Å². The molecule has 1 nitrogen and oxygen atoms in total. The number of thiophene rings is 1. The molecule has 0 aliphatic heterocycles. The Kier molecular flexibility index (Phi) is 2.76. The van der Waals surface area contributed by atoms with E-state index in [-0.39, 0.29) is 12.4 Å². The minimum Gasteiger partial charge on any atom is -0.392 e. The first-order chi connectivity index (χ1) is 6.76. The average molecular weight is 228 g/mol. The molecule has 0 fully saturated rings. The van der Waals surface area contributed by atoms with E-state index in [1.165, 1.54) is 17.4 Å². The van der Waals surface area contributed by atoms with Crippen LogP contribution >= 0.6 is 23.1 Å². The molecule has 0 aliphatic rings. The number of halogens is 1. The molecule has 2 rings (SSSR count). The van der Waals surface area contributed by atoms with Gasteiger partial charge in [-0.05, 0) is 23.8 Å². The Morgan fingerprint density at radius 3 is 2.93 bits per heavy atom. The third-order valence-electron chi connectivity index (χ3n) is 2.07. The van der Waals surface area contributed by atoms with Crippen molar-refractivity contribution in [2.24, 2.45) is 0 Å². The summed E-state index contributed by atoms with van der Waals surface area (Å²) in [6.45, 7) is -0.239. The van der Waals surface area contributed by atoms with Crippen LogP contribution in [0.15, 0.2) is 22.4 Å². The quantitative estimate of drug-likeness (QED) is 0.796. The summed E-state index contributed by atoms with van der Waals surface area (Å²) in [5.74, 6) is -0.325. The molecule has 14 heavy (non-hydrogen) atoms. The van der Waals surface area contributed by atoms with Gasteiger partial charge in [0.2, 0.25) is 0 Å². The number of hydrogen-bond acceptors (Lipinski definition) is 3. The standard InChI is InChI=1S/C10H9FOS2/c1-13-9-4-6-2-3-8(11)7(5-12)10(6)14-9/h2-4,12H,5H2,1H3. The largest absolute Gasteiger partial charge is 0.392 e. The maximum absolute atomic E-state index is 13.3. The van der Waals surface area contributed by atoms with Gasteiger partial charge in [0.1, 0.15) is 5.82 Å². The predicted octanol–water partition coefficient (Wildman–Crippen LogP) is 3.25. The zero-order chi connectivity index (χ0) is 10.1. The van der Waals surface area contributed by atoms with E-state index in [2.05, 4.69) is 0 Å². The second kappa shape index (κ2) is 3.88. The summed E-state index contributed by atoms with van der Waals surface area (Å²) in [5, 5.41) is 10.1. The molecule has 0 amide bonds. The summed E-state index contributed by atoms with van der Waals surface area (Å²) < 4.78 is 15.3. The molecule has 74 valence electrons. The smallest absolute Gasteiger partial charge is 0.130 e. The topological polar surface area (TPSA) is 20.2 Å². The highest BCUT2D eigenvalue weighted by atomic mass is 32.2. The molecule has 0 saturated carbocycles. The third-order valence-corrected chi connectivity index (χ3v) is 4.34. The van der Waals surface area contributed by atoms with Crippen molar-refractivity contribution in [3.8, 4) is 0 Å². The Bertz CT molecular complexity index is 464. The lowest BCUT2D eigenvalue weighted by Gasteiger charge is -1.99. The van der Waals surface area contributed by atoms with E-state index in [1.54, 1.807) is 17.8 Å². The van der Waals surface area contributed by atoms with Gasteiger partial charge in [-0.1, -0.05) is 6.07 Å². The number of hydrogen-bond donors (Lipinski definition) is 1. The SMILES string of the molecule is CSc1cc2ccc(F)c(CO)c2s1. The predicted molar refractivity (Wildman–Crippen MR) is 59.5 cm³/mol. The fourth-order valence-electron chi connectivity index (χ4n) is 1.36. The number of rotatable bonds is 2. The first-order valence-electron chi connectivity index (χ1n) is 4.12. The number of aliphatic hydroxyl groups excluding tert-OH is 1. The van der Waals surface area contributed by atoms with Crippen LogP contribution in [0.3, 0.4) is 0 Å². The van der Waals surface area contributed by atoms with E-state index in [0.29, 0.717) is 5.56 Å². The van der Waals surface area contributed by atoms with Crippen molar-refractivity contribution in [3.63, 3.8) is 0 Å². The van der Waals surface area contributed by atoms with E-state index in [1.807, 2.05) is 12.3 Å². The molecule has 0 bridgehead atoms. The Labute approximate surface area is 89.6 Å². The van der Waals surface area contributed by atoms with Gasteiger partial charge in [-0.3, -0.25) is 0 Å². The molecule has 1 aromatic heterocycles. The number of thioether (sulfide) groups is 1. The summed E-state index contributed by atoms with van der Waals surface area (Å²) in [6.07, 6.45) is 1.99. The molecule has 2 aromatic rings. The molecule has 0 atom stereocenters. The summed E-state index contributed by atoms with van der Waals surface area (Å²) in [6, 6.07) is 5.17. The second-order valence-electron chi connectivity index (χ2n) is 2.87. The molecular weight excluding hydrogens is 219 g/mol. The molecule has 0 spiro atoms. The third kappa shape index (κ3) is 1.54. The van der Waals surface area contributed by atoms with Crippen LogP contribution in [-0.4, -0.2) is 11.4 Å². The van der Waals surface area contributed by atoms with Gasteiger partial charge >= 0.3 is 0 Å². The Morgan fingerprint density at radius 1 is 1.50 bits per heavy atom. The van der Waals surface area contributed by atoms with E-state index in [4.69, 9.17) is 5.11 Å². The molecule has 0 unspecified atom stereocenters. The van der Waals surface area contributed by atoms with Gasteiger partial charge in [-0.2, -0.15) is 0 Å². The van der Waals surface area contributed by atoms with Crippen LogP contribution in [0, 0.1) is 5.82 Å². The lowest BCUT2D eigenvalue weighted by molar-refractivity contribution is 0.277. The van der Waals surface area contributed by atoms with Crippen molar-refractivity contribution < 1.29 is 9.50 Å². The molecule has 4 heteroatoms. The highest BCUT2D eigenvalue weighted by Gasteiger charge is 2.09. The molecule has 0 aliphatic carbocycles. The van der Waals surface area contributed by atoms with Crippen LogP contribution in [0.4, 0.5) is 4.39 Å². The Morgan fingerprint density at radius 2 is 2.29 bits per heavy atom. The number of fused-ring (bicyclic) bond motifs is 1. The number of aliphatic hydroxyl groups is 1. The minimum absolute atomic E-state index is 0.239. The molecule has 0 saturated heterocycles. The maximum Gasteiger partial charge on any atom is 0.130 e. The molecular formula is C10H9FOS2. The highest BCUT2D eigenvalue weighted by Crippen LogP contribution is 2.34. The zero-order valence-electron chi connectivity index (χ0n) is 7.58. The van der Waals surface area contributed by atoms with Crippen LogP contribution in [0.25, 0.3) is 10.1 Å². The first-order valence-corrected chi connectivity index (χ1v) is 6.16. The maximum atomic E-state index is 13.3. The molecule has 1 N–H and O–H groups in total. The van der Waals surface area contributed by atoms with Gasteiger partial charge in [-0.25, -0.2) is 4.39 Å². The van der Waals surface area contributed by atoms with Crippen LogP contribution in [0.1, 0.15) is 5.56 Å². The van der Waals surface area contributed by atoms with Crippen LogP contribution in [-0.2, 0) is 6.61 Å². The van der Waals surface area contributed by atoms with E-state index < -0.39 is 0 Å². The first kappa shape index (κ1) is 9.96. The normalized spacial score (nSPS) is 11.1. The van der Waals surface area contributed by atoms with Crippen molar-refractivity contribution in [1.29, 1.82) is 0 Å². The van der Waals surface area contributed by atoms with E-state index in [9.17, 15) is 4.39 Å². The van der Waals surface area contributed by atoms with Crippen LogP contribution in [0.5, 0.6) is 0 Å². The fourth-order valence-corrected chi connectivity index (χ4v) is 3.11. The average Bonchev–Trinajstić information content (AvgIpc) is 2.60. The minimum atomic E-state index is -0.325. The number of benzene rings is 1. The summed E-state index contributed by atoms with van der Waals surface area (Å²) >= 11 is 3.16. The molecule has 0 radical (unpaired) electrons. The van der Waals surface area contributed by atoms with Crippen LogP contribution < -0.4 is 0 Å². The molecule has 1 aromatic carbocycles. The van der Waals surface area contributed by atoms with Crippen molar-refractivity contribution >= 4 is 33.2 Å². The lowest BCUT2D eigenvalue weighted by Crippen LogP contribution is -1.88. The van der Waals surface area contributed by atoms with Crippen molar-refractivity contribution in [3.05, 3.63) is 29.6 Å². The van der Waals surface area contributed by atoms with Gasteiger partial charge in [0.25, 0.3) is 0 Å². The van der Waals surface area contributed by atoms with Gasteiger partial charge in [0, 0.05) is 10.3 Å². The van der Waals surface area contributed by atoms with Crippen molar-refractivity contribution in [2.45, 2.75) is 10.8 Å². The molecule has 1 heterocycles. The van der Waals surface area contributed by atoms with Gasteiger partial charge in [0.15, 0.2) is 0 Å². The fraction of sp³-hybridized carbons (Fsp3) is 0.200. The highest BCUT2D eigenvalue weighted by molar-refractivity contribution is 8.00. The van der Waals surface area contributed by atoms with E-state index in [0.717, 1.165) is 14.3 Å². The van der Waals surface area contributed by atoms with Crippen molar-refractivity contribution in [1.82, 2.24) is 0 Å². The van der Waals surface area contributed by atoms with Gasteiger partial charge in [-0.15, -0.1) is 23.1 Å². The zero-order valence-corrected chi connectivity index (χ0v) is 9.21. The Hall–Kier alpha value is -0.580. The van der Waals surface area contributed by atoms with Gasteiger partial charge in [0.05, 0.1) is 10.8 Å².